The van der Waals surface area contributed by atoms with E-state index in [1.54, 1.807) is 88.3 Å². The van der Waals surface area contributed by atoms with Crippen molar-refractivity contribution in [3.05, 3.63) is 35.9 Å². The Morgan fingerprint density at radius 3 is 1.47 bits per heavy atom. The van der Waals surface area contributed by atoms with Crippen molar-refractivity contribution in [2.45, 2.75) is 221 Å². The zero-order chi connectivity index (χ0) is 54.2. The molecule has 6 N–H and O–H groups in total. The second-order valence-electron chi connectivity index (χ2n) is 23.3. The summed E-state index contributed by atoms with van der Waals surface area (Å²) in [5.41, 5.74) is -0.642. The lowest BCUT2D eigenvalue weighted by Gasteiger charge is -2.41. The first-order valence-corrected chi connectivity index (χ1v) is 30.4. The molecule has 1 aliphatic rings. The molecule has 0 aromatic heterocycles. The van der Waals surface area contributed by atoms with Gasteiger partial charge < -0.3 is 50.0 Å². The second-order valence-corrected chi connectivity index (χ2v) is 32.8. The standard InChI is InChI=1S/C50H88N6O12Si2/c1-28(2)35(41(57)54-39(46(62)63)32(8)68-70(20,21)49(13,14)15)51-44(60)40-33(9)66-50(16,17)56(40)45(61)37(30(5)6)52-43(59)38(31(7)67-69(18,19)48(10,11)12)53-42(58)36(29(3)4)55-47(64)65-27-34-25-23-22-24-26-34/h22-26,28-33,35-40H,27H2,1-21H3,(H,51,60)(H,52,59)(H,53,58)(H,54,57)(H,55,64)(H,62,63)/t31-,32-,33-,35+,36+,37+,38+,39+,40+/m1/s1. The molecule has 18 nitrogen and oxygen atoms in total. The summed E-state index contributed by atoms with van der Waals surface area (Å²) in [7, 11) is -5.04. The van der Waals surface area contributed by atoms with Crippen molar-refractivity contribution in [3.63, 3.8) is 0 Å². The van der Waals surface area contributed by atoms with E-state index in [0.29, 0.717) is 0 Å². The minimum atomic E-state index is -2.59. The maximum atomic E-state index is 15.0. The highest BCUT2D eigenvalue weighted by Crippen LogP contribution is 2.39. The van der Waals surface area contributed by atoms with Crippen molar-refractivity contribution >= 4 is 58.2 Å². The van der Waals surface area contributed by atoms with Crippen molar-refractivity contribution in [2.75, 3.05) is 0 Å². The molecule has 1 aliphatic heterocycles. The number of nitrogens with one attached hydrogen (secondary N) is 5. The summed E-state index contributed by atoms with van der Waals surface area (Å²) in [6.45, 7) is 38.6. The van der Waals surface area contributed by atoms with Gasteiger partial charge in [0.1, 0.15) is 42.5 Å². The van der Waals surface area contributed by atoms with Gasteiger partial charge in [-0.15, -0.1) is 0 Å². The zero-order valence-electron chi connectivity index (χ0n) is 45.9. The smallest absolute Gasteiger partial charge is 0.408 e. The summed E-state index contributed by atoms with van der Waals surface area (Å²) in [5, 5.41) is 23.4. The number of amides is 6. The summed E-state index contributed by atoms with van der Waals surface area (Å²) in [6, 6.07) is 1.32. The van der Waals surface area contributed by atoms with Crippen LogP contribution in [0, 0.1) is 17.8 Å². The first-order chi connectivity index (χ1) is 31.8. The van der Waals surface area contributed by atoms with Gasteiger partial charge in [0.05, 0.1) is 18.3 Å². The Balaban J connectivity index is 2.51. The average Bonchev–Trinajstić information content (AvgIpc) is 3.46. The Labute approximate surface area is 419 Å². The van der Waals surface area contributed by atoms with E-state index >= 15 is 4.79 Å². The van der Waals surface area contributed by atoms with Crippen molar-refractivity contribution in [1.82, 2.24) is 31.5 Å². The second kappa shape index (κ2) is 24.4. The molecule has 1 heterocycles. The molecule has 1 fully saturated rings. The van der Waals surface area contributed by atoms with E-state index in [1.807, 2.05) is 85.9 Å². The largest absolute Gasteiger partial charge is 0.480 e. The number of carbonyl (C=O) groups is 7. The van der Waals surface area contributed by atoms with Crippen molar-refractivity contribution in [1.29, 1.82) is 0 Å². The third kappa shape index (κ3) is 16.3. The van der Waals surface area contributed by atoms with Gasteiger partial charge in [0, 0.05) is 0 Å². The van der Waals surface area contributed by atoms with Crippen LogP contribution in [0.1, 0.15) is 123 Å². The third-order valence-electron chi connectivity index (χ3n) is 13.9. The predicted octanol–water partition coefficient (Wildman–Crippen LogP) is 6.45. The molecular formula is C50H88N6O12Si2. The fourth-order valence-electron chi connectivity index (χ4n) is 7.64. The molecule has 0 spiro atoms. The van der Waals surface area contributed by atoms with Gasteiger partial charge in [-0.05, 0) is 94.2 Å². The Hall–Kier alpha value is -4.38. The van der Waals surface area contributed by atoms with Crippen molar-refractivity contribution in [3.8, 4) is 0 Å². The molecule has 398 valence electrons. The van der Waals surface area contributed by atoms with Crippen LogP contribution in [0.25, 0.3) is 0 Å². The molecule has 0 saturated carbocycles. The number of ether oxygens (including phenoxy) is 2. The Bertz CT molecular complexity index is 1980. The number of nitrogens with zero attached hydrogens (tertiary/aromatic N) is 1. The van der Waals surface area contributed by atoms with E-state index in [4.69, 9.17) is 18.3 Å². The molecule has 2 rings (SSSR count). The number of carbonyl (C=O) groups excluding carboxylic acids is 6. The lowest BCUT2D eigenvalue weighted by atomic mass is 9.97. The number of carboxylic acids is 1. The Kier molecular flexibility index (Phi) is 21.5. The van der Waals surface area contributed by atoms with E-state index in [-0.39, 0.29) is 16.7 Å². The molecule has 1 aromatic rings. The van der Waals surface area contributed by atoms with E-state index in [2.05, 4.69) is 26.6 Å². The number of hydrogen-bond donors (Lipinski definition) is 6. The van der Waals surface area contributed by atoms with Gasteiger partial charge in [-0.3, -0.25) is 28.9 Å². The minimum Gasteiger partial charge on any atom is -0.480 e. The van der Waals surface area contributed by atoms with Gasteiger partial charge in [0.2, 0.25) is 29.5 Å². The monoisotopic (exact) mass is 1020 g/mol. The summed E-state index contributed by atoms with van der Waals surface area (Å²) in [6.07, 6.45) is -3.54. The number of alkyl carbamates (subject to hydrolysis) is 1. The quantitative estimate of drug-likeness (QED) is 0.0688. The maximum absolute atomic E-state index is 15.0. The molecular weight excluding hydrogens is 933 g/mol. The fourth-order valence-corrected chi connectivity index (χ4v) is 10.5. The van der Waals surface area contributed by atoms with Crippen molar-refractivity contribution in [2.24, 2.45) is 17.8 Å². The summed E-state index contributed by atoms with van der Waals surface area (Å²) >= 11 is 0. The van der Waals surface area contributed by atoms with Gasteiger partial charge in [0.25, 0.3) is 0 Å². The minimum absolute atomic E-state index is 0.0276. The highest BCUT2D eigenvalue weighted by atomic mass is 28.4. The molecule has 0 aliphatic carbocycles. The Morgan fingerprint density at radius 1 is 0.643 bits per heavy atom. The summed E-state index contributed by atoms with van der Waals surface area (Å²) < 4.78 is 24.6. The van der Waals surface area contributed by atoms with Gasteiger partial charge in [-0.2, -0.15) is 0 Å². The zero-order valence-corrected chi connectivity index (χ0v) is 47.9. The number of benzene rings is 1. The van der Waals surface area contributed by atoms with Gasteiger partial charge in [-0.1, -0.05) is 113 Å². The molecule has 0 radical (unpaired) electrons. The van der Waals surface area contributed by atoms with Crippen LogP contribution >= 0.6 is 0 Å². The Morgan fingerprint density at radius 2 is 1.04 bits per heavy atom. The fraction of sp³-hybridized carbons (Fsp3) is 0.740. The van der Waals surface area contributed by atoms with Crippen molar-refractivity contribution < 1.29 is 57.0 Å². The van der Waals surface area contributed by atoms with Gasteiger partial charge >= 0.3 is 12.1 Å². The molecule has 0 unspecified atom stereocenters. The highest BCUT2D eigenvalue weighted by Gasteiger charge is 2.54. The van der Waals surface area contributed by atoms with E-state index in [1.165, 1.54) is 4.90 Å². The first kappa shape index (κ1) is 61.7. The van der Waals surface area contributed by atoms with Crippen LogP contribution in [0.5, 0.6) is 0 Å². The highest BCUT2D eigenvalue weighted by molar-refractivity contribution is 6.74. The van der Waals surface area contributed by atoms with E-state index in [9.17, 15) is 33.9 Å². The van der Waals surface area contributed by atoms with Gasteiger partial charge in [0.15, 0.2) is 22.7 Å². The third-order valence-corrected chi connectivity index (χ3v) is 23.0. The number of carboxylic acid groups (broad SMARTS) is 1. The lowest BCUT2D eigenvalue weighted by Crippen LogP contribution is -2.65. The molecule has 9 atom stereocenters. The molecule has 6 amide bonds. The van der Waals surface area contributed by atoms with Crippen LogP contribution in [0.3, 0.4) is 0 Å². The summed E-state index contributed by atoms with van der Waals surface area (Å²) in [4.78, 5) is 99.2. The molecule has 20 heteroatoms. The SMILES string of the molecule is CC(C)[C@H](NC(=O)OCc1ccccc1)C(=O)N[C@H](C(=O)N[C@H](C(=O)N1[C@H](C(=O)N[C@H](C(=O)N[C@H](C(=O)O)[C@@H](C)O[Si](C)(C)C(C)(C)C)C(C)C)[C@@H](C)OC1(C)C)C(C)C)[C@@H](C)O[Si](C)(C)C(C)(C)C. The van der Waals surface area contributed by atoms with Gasteiger partial charge in [-0.25, -0.2) is 9.59 Å². The number of aliphatic carboxylic acids is 1. The molecule has 70 heavy (non-hydrogen) atoms. The average molecular weight is 1020 g/mol. The van der Waals surface area contributed by atoms with Crippen LogP contribution in [0.2, 0.25) is 36.3 Å². The normalized spacial score (nSPS) is 19.6. The van der Waals surface area contributed by atoms with Crippen LogP contribution < -0.4 is 26.6 Å². The van der Waals surface area contributed by atoms with Crippen LogP contribution in [0.4, 0.5) is 4.79 Å². The number of rotatable bonds is 22. The molecule has 1 saturated heterocycles. The molecule has 1 aromatic carbocycles. The van der Waals surface area contributed by atoms with E-state index < -0.39 is 136 Å². The maximum Gasteiger partial charge on any atom is 0.408 e. The molecule has 0 bridgehead atoms. The lowest BCUT2D eigenvalue weighted by molar-refractivity contribution is -0.155. The predicted molar refractivity (Wildman–Crippen MR) is 274 cm³/mol. The van der Waals surface area contributed by atoms with Crippen LogP contribution in [-0.2, 0) is 53.7 Å². The summed E-state index contributed by atoms with van der Waals surface area (Å²) in [5.74, 6) is -6.42. The topological polar surface area (TPSA) is 240 Å². The van der Waals surface area contributed by atoms with Crippen LogP contribution in [0.15, 0.2) is 30.3 Å². The number of hydrogen-bond acceptors (Lipinski definition) is 11. The van der Waals surface area contributed by atoms with E-state index in [0.717, 1.165) is 5.56 Å². The first-order valence-electron chi connectivity index (χ1n) is 24.6. The van der Waals surface area contributed by atoms with Crippen LogP contribution in [-0.4, -0.2) is 129 Å².